The summed E-state index contributed by atoms with van der Waals surface area (Å²) < 4.78 is 5.56. The summed E-state index contributed by atoms with van der Waals surface area (Å²) in [6, 6.07) is 19.1. The molecule has 0 bridgehead atoms. The number of benzene rings is 2. The second-order valence-corrected chi connectivity index (χ2v) is 8.52. The van der Waals surface area contributed by atoms with E-state index in [0.29, 0.717) is 23.8 Å². The number of amides is 1. The predicted molar refractivity (Wildman–Crippen MR) is 123 cm³/mol. The molecule has 168 valence electrons. The Morgan fingerprint density at radius 2 is 1.76 bits per heavy atom. The average Bonchev–Trinajstić information content (AvgIpc) is 3.52. The highest BCUT2D eigenvalue weighted by molar-refractivity contribution is 5.99. The monoisotopic (exact) mass is 442 g/mol. The molecule has 2 aliphatic heterocycles. The SMILES string of the molecule is CC(c1nc(-c2ccccc2)no1)N1CCN(C2CCN(c3ccc(C#N)cc3)C2=O)CC1. The first-order valence-corrected chi connectivity index (χ1v) is 11.3. The van der Waals surface area contributed by atoms with Gasteiger partial charge in [-0.2, -0.15) is 10.2 Å². The second-order valence-electron chi connectivity index (χ2n) is 8.52. The minimum Gasteiger partial charge on any atom is -0.337 e. The summed E-state index contributed by atoms with van der Waals surface area (Å²) >= 11 is 0. The molecule has 2 aromatic carbocycles. The second kappa shape index (κ2) is 9.14. The Morgan fingerprint density at radius 1 is 1.03 bits per heavy atom. The van der Waals surface area contributed by atoms with Gasteiger partial charge in [-0.25, -0.2) is 0 Å². The minimum atomic E-state index is -0.0915. The summed E-state index contributed by atoms with van der Waals surface area (Å²) in [6.45, 7) is 6.11. The van der Waals surface area contributed by atoms with Crippen LogP contribution >= 0.6 is 0 Å². The molecule has 0 N–H and O–H groups in total. The van der Waals surface area contributed by atoms with E-state index < -0.39 is 0 Å². The largest absolute Gasteiger partial charge is 0.337 e. The number of anilines is 1. The molecule has 0 spiro atoms. The van der Waals surface area contributed by atoms with Crippen LogP contribution in [-0.2, 0) is 4.79 Å². The molecular formula is C25H26N6O2. The van der Waals surface area contributed by atoms with Crippen LogP contribution in [0.5, 0.6) is 0 Å². The van der Waals surface area contributed by atoms with Gasteiger partial charge in [0.2, 0.25) is 17.6 Å². The fraction of sp³-hybridized carbons (Fsp3) is 0.360. The molecule has 0 aliphatic carbocycles. The number of hydrogen-bond donors (Lipinski definition) is 0. The van der Waals surface area contributed by atoms with E-state index in [2.05, 4.69) is 32.9 Å². The summed E-state index contributed by atoms with van der Waals surface area (Å²) in [5, 5.41) is 13.1. The molecule has 33 heavy (non-hydrogen) atoms. The van der Waals surface area contributed by atoms with Gasteiger partial charge in [-0.1, -0.05) is 35.5 Å². The van der Waals surface area contributed by atoms with E-state index in [9.17, 15) is 4.79 Å². The van der Waals surface area contributed by atoms with E-state index in [0.717, 1.165) is 43.9 Å². The van der Waals surface area contributed by atoms with Gasteiger partial charge in [0, 0.05) is 44.0 Å². The number of rotatable bonds is 5. The highest BCUT2D eigenvalue weighted by Gasteiger charge is 2.38. The zero-order valence-electron chi connectivity index (χ0n) is 18.6. The summed E-state index contributed by atoms with van der Waals surface area (Å²) in [5.74, 6) is 1.37. The van der Waals surface area contributed by atoms with Crippen molar-refractivity contribution in [2.24, 2.45) is 0 Å². The third-order valence-electron chi connectivity index (χ3n) is 6.65. The lowest BCUT2D eigenvalue weighted by molar-refractivity contribution is -0.122. The molecule has 3 heterocycles. The van der Waals surface area contributed by atoms with Gasteiger partial charge < -0.3 is 9.42 Å². The van der Waals surface area contributed by atoms with Crippen LogP contribution in [0.4, 0.5) is 5.69 Å². The highest BCUT2D eigenvalue weighted by Crippen LogP contribution is 2.28. The summed E-state index contributed by atoms with van der Waals surface area (Å²) in [7, 11) is 0. The smallest absolute Gasteiger partial charge is 0.244 e. The van der Waals surface area contributed by atoms with E-state index in [1.165, 1.54) is 0 Å². The number of nitriles is 1. The van der Waals surface area contributed by atoms with Gasteiger partial charge in [-0.3, -0.25) is 14.6 Å². The maximum atomic E-state index is 13.1. The molecule has 8 nitrogen and oxygen atoms in total. The van der Waals surface area contributed by atoms with Crippen molar-refractivity contribution in [1.82, 2.24) is 19.9 Å². The molecule has 5 rings (SSSR count). The zero-order chi connectivity index (χ0) is 22.8. The molecule has 1 aromatic heterocycles. The van der Waals surface area contributed by atoms with Gasteiger partial charge in [0.25, 0.3) is 0 Å². The zero-order valence-corrected chi connectivity index (χ0v) is 18.6. The lowest BCUT2D eigenvalue weighted by atomic mass is 10.1. The van der Waals surface area contributed by atoms with Gasteiger partial charge in [-0.05, 0) is 37.6 Å². The van der Waals surface area contributed by atoms with Crippen molar-refractivity contribution in [3.8, 4) is 17.5 Å². The molecule has 2 aliphatic rings. The quantitative estimate of drug-likeness (QED) is 0.600. The number of carbonyl (C=O) groups excluding carboxylic acids is 1. The average molecular weight is 443 g/mol. The van der Waals surface area contributed by atoms with Crippen molar-refractivity contribution in [2.45, 2.75) is 25.4 Å². The van der Waals surface area contributed by atoms with E-state index in [-0.39, 0.29) is 18.0 Å². The Kier molecular flexibility index (Phi) is 5.90. The third-order valence-corrected chi connectivity index (χ3v) is 6.65. The van der Waals surface area contributed by atoms with Crippen LogP contribution in [0.3, 0.4) is 0 Å². The van der Waals surface area contributed by atoms with Gasteiger partial charge in [0.1, 0.15) is 0 Å². The van der Waals surface area contributed by atoms with Gasteiger partial charge in [0.05, 0.1) is 23.7 Å². The Morgan fingerprint density at radius 3 is 2.45 bits per heavy atom. The molecule has 0 radical (unpaired) electrons. The summed E-state index contributed by atoms with van der Waals surface area (Å²) in [5.41, 5.74) is 2.40. The topological polar surface area (TPSA) is 89.5 Å². The van der Waals surface area contributed by atoms with Crippen LogP contribution < -0.4 is 4.90 Å². The lowest BCUT2D eigenvalue weighted by Crippen LogP contribution is -2.53. The minimum absolute atomic E-state index is 0.0199. The lowest BCUT2D eigenvalue weighted by Gasteiger charge is -2.38. The predicted octanol–water partition coefficient (Wildman–Crippen LogP) is 3.09. The number of aromatic nitrogens is 2. The molecule has 2 fully saturated rings. The van der Waals surface area contributed by atoms with Crippen LogP contribution in [-0.4, -0.2) is 64.6 Å². The van der Waals surface area contributed by atoms with Crippen LogP contribution in [0.1, 0.15) is 30.8 Å². The number of nitrogens with zero attached hydrogens (tertiary/aromatic N) is 6. The van der Waals surface area contributed by atoms with E-state index in [4.69, 9.17) is 9.78 Å². The Hall–Kier alpha value is -3.54. The maximum absolute atomic E-state index is 13.1. The standard InChI is InChI=1S/C25H26N6O2/c1-18(24-27-23(28-33-24)20-5-3-2-4-6-20)29-13-15-30(16-14-29)22-11-12-31(25(22)32)21-9-7-19(17-26)8-10-21/h2-10,18,22H,11-16H2,1H3. The normalized spacial score (nSPS) is 20.7. The number of hydrogen-bond acceptors (Lipinski definition) is 7. The fourth-order valence-corrected chi connectivity index (χ4v) is 4.68. The van der Waals surface area contributed by atoms with Gasteiger partial charge >= 0.3 is 0 Å². The molecule has 2 atom stereocenters. The van der Waals surface area contributed by atoms with E-state index in [1.807, 2.05) is 47.4 Å². The van der Waals surface area contributed by atoms with Gasteiger partial charge in [0.15, 0.2) is 0 Å². The summed E-state index contributed by atoms with van der Waals surface area (Å²) in [6.07, 6.45) is 0.818. The Labute approximate surface area is 193 Å². The maximum Gasteiger partial charge on any atom is 0.244 e. The van der Waals surface area contributed by atoms with Crippen LogP contribution in [0.2, 0.25) is 0 Å². The number of carbonyl (C=O) groups is 1. The first-order chi connectivity index (χ1) is 16.1. The van der Waals surface area contributed by atoms with Crippen LogP contribution in [0.15, 0.2) is 59.1 Å². The molecule has 2 unspecified atom stereocenters. The van der Waals surface area contributed by atoms with Crippen molar-refractivity contribution in [2.75, 3.05) is 37.6 Å². The van der Waals surface area contributed by atoms with E-state index >= 15 is 0 Å². The third kappa shape index (κ3) is 4.25. The van der Waals surface area contributed by atoms with Crippen molar-refractivity contribution in [3.05, 3.63) is 66.1 Å². The number of piperazine rings is 1. The molecule has 0 saturated carbocycles. The fourth-order valence-electron chi connectivity index (χ4n) is 4.68. The highest BCUT2D eigenvalue weighted by atomic mass is 16.5. The van der Waals surface area contributed by atoms with E-state index in [1.54, 1.807) is 12.1 Å². The molecular weight excluding hydrogens is 416 g/mol. The van der Waals surface area contributed by atoms with Crippen LogP contribution in [0, 0.1) is 11.3 Å². The first kappa shape index (κ1) is 21.3. The van der Waals surface area contributed by atoms with Gasteiger partial charge in [-0.15, -0.1) is 0 Å². The molecule has 8 heteroatoms. The van der Waals surface area contributed by atoms with Crippen molar-refractivity contribution >= 4 is 11.6 Å². The molecule has 1 amide bonds. The molecule has 2 saturated heterocycles. The Balaban J connectivity index is 1.18. The van der Waals surface area contributed by atoms with Crippen molar-refractivity contribution < 1.29 is 9.32 Å². The van der Waals surface area contributed by atoms with Crippen molar-refractivity contribution in [1.29, 1.82) is 5.26 Å². The summed E-state index contributed by atoms with van der Waals surface area (Å²) in [4.78, 5) is 24.2. The first-order valence-electron chi connectivity index (χ1n) is 11.3. The van der Waals surface area contributed by atoms with Crippen molar-refractivity contribution in [3.63, 3.8) is 0 Å². The van der Waals surface area contributed by atoms with Crippen LogP contribution in [0.25, 0.3) is 11.4 Å². The molecule has 3 aromatic rings. The Bertz CT molecular complexity index is 1150.